The number of anilines is 1. The van der Waals surface area contributed by atoms with Crippen LogP contribution >= 0.6 is 0 Å². The van der Waals surface area contributed by atoms with Crippen LogP contribution in [-0.2, 0) is 14.6 Å². The van der Waals surface area contributed by atoms with Crippen molar-refractivity contribution in [2.45, 2.75) is 18.2 Å². The number of likely N-dealkylation sites (N-methyl/N-ethyl adjacent to an activating group) is 1. The molecule has 122 valence electrons. The smallest absolute Gasteiger partial charge is 0.293 e. The second kappa shape index (κ2) is 7.21. The van der Waals surface area contributed by atoms with Gasteiger partial charge in [0, 0.05) is 25.9 Å². The number of hydrogen-bond acceptors (Lipinski definition) is 6. The predicted octanol–water partition coefficient (Wildman–Crippen LogP) is 0.961. The van der Waals surface area contributed by atoms with Crippen molar-refractivity contribution in [2.75, 3.05) is 31.3 Å². The molecule has 0 fully saturated rings. The van der Waals surface area contributed by atoms with Gasteiger partial charge in [-0.2, -0.15) is 0 Å². The average molecular weight is 329 g/mol. The van der Waals surface area contributed by atoms with Crippen LogP contribution in [0.3, 0.4) is 0 Å². The van der Waals surface area contributed by atoms with Crippen molar-refractivity contribution in [2.24, 2.45) is 0 Å². The zero-order valence-electron chi connectivity index (χ0n) is 12.7. The van der Waals surface area contributed by atoms with Gasteiger partial charge in [-0.05, 0) is 18.6 Å². The second-order valence-corrected chi connectivity index (χ2v) is 6.90. The molecule has 0 bridgehead atoms. The minimum Gasteiger partial charge on any atom is -0.360 e. The van der Waals surface area contributed by atoms with Crippen LogP contribution in [0.15, 0.2) is 23.1 Å². The zero-order valence-corrected chi connectivity index (χ0v) is 13.5. The largest absolute Gasteiger partial charge is 0.360 e. The predicted molar refractivity (Wildman–Crippen MR) is 82.8 cm³/mol. The average Bonchev–Trinajstić information content (AvgIpc) is 2.43. The van der Waals surface area contributed by atoms with E-state index in [0.29, 0.717) is 6.54 Å². The van der Waals surface area contributed by atoms with Crippen LogP contribution in [0.4, 0.5) is 11.4 Å². The lowest BCUT2D eigenvalue weighted by Crippen LogP contribution is -2.35. The third-order valence-electron chi connectivity index (χ3n) is 2.94. The van der Waals surface area contributed by atoms with E-state index in [2.05, 4.69) is 5.32 Å². The molecule has 0 unspecified atom stereocenters. The summed E-state index contributed by atoms with van der Waals surface area (Å²) in [6.45, 7) is 2.39. The second-order valence-electron chi connectivity index (χ2n) is 4.89. The van der Waals surface area contributed by atoms with E-state index in [0.717, 1.165) is 18.7 Å². The molecule has 1 aromatic rings. The monoisotopic (exact) mass is 329 g/mol. The molecule has 1 rings (SSSR count). The van der Waals surface area contributed by atoms with Crippen molar-refractivity contribution in [3.05, 3.63) is 28.3 Å². The Balaban J connectivity index is 3.08. The number of nitrogens with one attached hydrogen (secondary N) is 1. The number of benzene rings is 1. The molecular formula is C13H19N3O5S. The molecule has 0 aliphatic rings. The molecule has 0 saturated heterocycles. The molecule has 9 heteroatoms. The summed E-state index contributed by atoms with van der Waals surface area (Å²) < 4.78 is 23.0. The number of nitrogens with zero attached hydrogens (tertiary/aromatic N) is 2. The minimum absolute atomic E-state index is 0.0565. The third kappa shape index (κ3) is 4.69. The first kappa shape index (κ1) is 17.9. The summed E-state index contributed by atoms with van der Waals surface area (Å²) in [5.74, 6) is -0.258. The maximum Gasteiger partial charge on any atom is 0.293 e. The van der Waals surface area contributed by atoms with E-state index in [9.17, 15) is 23.3 Å². The van der Waals surface area contributed by atoms with E-state index in [1.54, 1.807) is 0 Å². The molecule has 1 aromatic carbocycles. The molecule has 22 heavy (non-hydrogen) atoms. The highest BCUT2D eigenvalue weighted by atomic mass is 32.2. The van der Waals surface area contributed by atoms with E-state index in [1.165, 1.54) is 24.1 Å². The summed E-state index contributed by atoms with van der Waals surface area (Å²) in [5.41, 5.74) is -0.169. The Hall–Kier alpha value is -2.16. The van der Waals surface area contributed by atoms with Gasteiger partial charge in [0.1, 0.15) is 5.69 Å². The van der Waals surface area contributed by atoms with Crippen LogP contribution in [0, 0.1) is 10.1 Å². The Morgan fingerprint density at radius 2 is 2.05 bits per heavy atom. The van der Waals surface area contributed by atoms with E-state index in [1.807, 2.05) is 6.92 Å². The lowest BCUT2D eigenvalue weighted by Gasteiger charge is -2.19. The van der Waals surface area contributed by atoms with Gasteiger partial charge in [0.2, 0.25) is 5.91 Å². The normalized spacial score (nSPS) is 11.0. The van der Waals surface area contributed by atoms with Crippen LogP contribution < -0.4 is 10.2 Å². The fourth-order valence-corrected chi connectivity index (χ4v) is 2.46. The van der Waals surface area contributed by atoms with Crippen LogP contribution in [0.5, 0.6) is 0 Å². The summed E-state index contributed by atoms with van der Waals surface area (Å²) >= 11 is 0. The Bertz CT molecular complexity index is 672. The minimum atomic E-state index is -3.54. The van der Waals surface area contributed by atoms with Crippen molar-refractivity contribution in [3.63, 3.8) is 0 Å². The highest BCUT2D eigenvalue weighted by molar-refractivity contribution is 7.90. The number of amides is 1. The fourth-order valence-electron chi connectivity index (χ4n) is 1.82. The quantitative estimate of drug-likeness (QED) is 0.589. The molecule has 8 nitrogen and oxygen atoms in total. The highest BCUT2D eigenvalue weighted by Crippen LogP contribution is 2.29. The van der Waals surface area contributed by atoms with Gasteiger partial charge in [0.15, 0.2) is 9.84 Å². The van der Waals surface area contributed by atoms with Gasteiger partial charge in [0.25, 0.3) is 5.69 Å². The van der Waals surface area contributed by atoms with Gasteiger partial charge in [-0.1, -0.05) is 6.92 Å². The summed E-state index contributed by atoms with van der Waals surface area (Å²) in [5, 5.41) is 13.8. The Morgan fingerprint density at radius 3 is 2.55 bits per heavy atom. The van der Waals surface area contributed by atoms with Crippen molar-refractivity contribution in [3.8, 4) is 0 Å². The molecule has 0 atom stereocenters. The van der Waals surface area contributed by atoms with Gasteiger partial charge in [-0.25, -0.2) is 8.42 Å². The van der Waals surface area contributed by atoms with Crippen LogP contribution in [-0.4, -0.2) is 45.6 Å². The summed E-state index contributed by atoms with van der Waals surface area (Å²) in [6.07, 6.45) is 1.77. The standard InChI is InChI=1S/C13H19N3O5S/c1-4-7-14-13(17)9-15(2)11-6-5-10(22(3,20)21)8-12(11)16(18)19/h5-6,8H,4,7,9H2,1-3H3,(H,14,17). The van der Waals surface area contributed by atoms with Gasteiger partial charge in [-0.15, -0.1) is 0 Å². The van der Waals surface area contributed by atoms with Crippen molar-refractivity contribution < 1.29 is 18.1 Å². The molecule has 1 N–H and O–H groups in total. The first-order valence-corrected chi connectivity index (χ1v) is 8.52. The van der Waals surface area contributed by atoms with Gasteiger partial charge >= 0.3 is 0 Å². The number of sulfone groups is 1. The number of rotatable bonds is 7. The van der Waals surface area contributed by atoms with Crippen LogP contribution in [0.25, 0.3) is 0 Å². The fraction of sp³-hybridized carbons (Fsp3) is 0.462. The summed E-state index contributed by atoms with van der Waals surface area (Å²) in [6, 6.07) is 3.63. The third-order valence-corrected chi connectivity index (χ3v) is 4.05. The van der Waals surface area contributed by atoms with Crippen LogP contribution in [0.2, 0.25) is 0 Å². The Labute approximate surface area is 129 Å². The topological polar surface area (TPSA) is 110 Å². The van der Waals surface area contributed by atoms with Gasteiger partial charge in [0.05, 0.1) is 16.4 Å². The van der Waals surface area contributed by atoms with Crippen molar-refractivity contribution in [1.82, 2.24) is 5.32 Å². The number of carbonyl (C=O) groups is 1. The summed E-state index contributed by atoms with van der Waals surface area (Å²) in [4.78, 5) is 23.4. The lowest BCUT2D eigenvalue weighted by molar-refractivity contribution is -0.384. The van der Waals surface area contributed by atoms with E-state index in [4.69, 9.17) is 0 Å². The summed E-state index contributed by atoms with van der Waals surface area (Å²) in [7, 11) is -2.00. The Morgan fingerprint density at radius 1 is 1.41 bits per heavy atom. The molecule has 0 heterocycles. The molecule has 0 saturated carbocycles. The molecule has 0 aliphatic heterocycles. The maximum atomic E-state index is 11.7. The van der Waals surface area contributed by atoms with Crippen molar-refractivity contribution >= 4 is 27.1 Å². The molecule has 0 aromatic heterocycles. The number of nitro groups is 1. The first-order valence-electron chi connectivity index (χ1n) is 6.63. The molecule has 0 aliphatic carbocycles. The Kier molecular flexibility index (Phi) is 5.86. The van der Waals surface area contributed by atoms with E-state index in [-0.39, 0.29) is 28.7 Å². The SMILES string of the molecule is CCCNC(=O)CN(C)c1ccc(S(C)(=O)=O)cc1[N+](=O)[O-]. The van der Waals surface area contributed by atoms with Crippen LogP contribution in [0.1, 0.15) is 13.3 Å². The molecule has 0 spiro atoms. The highest BCUT2D eigenvalue weighted by Gasteiger charge is 2.22. The van der Waals surface area contributed by atoms with Gasteiger partial charge in [-0.3, -0.25) is 14.9 Å². The van der Waals surface area contributed by atoms with E-state index < -0.39 is 14.8 Å². The molecule has 0 radical (unpaired) electrons. The van der Waals surface area contributed by atoms with Gasteiger partial charge < -0.3 is 10.2 Å². The number of carbonyl (C=O) groups excluding carboxylic acids is 1. The molecular weight excluding hydrogens is 310 g/mol. The first-order chi connectivity index (χ1) is 10.2. The number of nitro benzene ring substituents is 1. The number of hydrogen-bond donors (Lipinski definition) is 1. The van der Waals surface area contributed by atoms with Crippen molar-refractivity contribution in [1.29, 1.82) is 0 Å². The lowest BCUT2D eigenvalue weighted by atomic mass is 10.2. The maximum absolute atomic E-state index is 11.7. The van der Waals surface area contributed by atoms with E-state index >= 15 is 0 Å². The zero-order chi connectivity index (χ0) is 16.9. The molecule has 1 amide bonds.